The van der Waals surface area contributed by atoms with Crippen molar-refractivity contribution >= 4 is 17.7 Å². The molecule has 3 aromatic rings. The molecule has 0 aliphatic rings. The fourth-order valence-corrected chi connectivity index (χ4v) is 3.08. The van der Waals surface area contributed by atoms with Gasteiger partial charge in [-0.1, -0.05) is 61.2 Å². The van der Waals surface area contributed by atoms with Crippen molar-refractivity contribution < 1.29 is 4.79 Å². The van der Waals surface area contributed by atoms with Gasteiger partial charge in [0.1, 0.15) is 0 Å². The van der Waals surface area contributed by atoms with E-state index in [1.165, 1.54) is 17.3 Å². The molecule has 1 amide bonds. The first-order valence-corrected chi connectivity index (χ1v) is 8.69. The van der Waals surface area contributed by atoms with E-state index in [-0.39, 0.29) is 11.7 Å². The lowest BCUT2D eigenvalue weighted by molar-refractivity contribution is -0.115. The lowest BCUT2D eigenvalue weighted by Crippen LogP contribution is -2.13. The van der Waals surface area contributed by atoms with Crippen LogP contribution >= 0.6 is 11.8 Å². The molecule has 24 heavy (non-hydrogen) atoms. The number of nitrogens with zero attached hydrogens (tertiary/aromatic N) is 3. The van der Waals surface area contributed by atoms with E-state index >= 15 is 0 Å². The molecule has 0 aliphatic heterocycles. The molecule has 2 aromatic carbocycles. The zero-order valence-electron chi connectivity index (χ0n) is 13.3. The van der Waals surface area contributed by atoms with Crippen LogP contribution in [0.4, 0.5) is 0 Å². The minimum Gasteiger partial charge on any atom is -0.369 e. The standard InChI is InChI=1S/C18H18N4OS/c1-2-13-8-10-15(11-9-13)22-17(14-6-4-3-5-7-14)20-21-18(22)24-12-16(19)23/h3-11H,2,12H2,1H3,(H2,19,23). The molecular weight excluding hydrogens is 320 g/mol. The number of hydrogen-bond acceptors (Lipinski definition) is 4. The minimum absolute atomic E-state index is 0.167. The van der Waals surface area contributed by atoms with Crippen LogP contribution in [0.25, 0.3) is 17.1 Å². The molecule has 0 fully saturated rings. The van der Waals surface area contributed by atoms with Crippen molar-refractivity contribution in [2.24, 2.45) is 5.73 Å². The summed E-state index contributed by atoms with van der Waals surface area (Å²) in [6.07, 6.45) is 0.983. The Morgan fingerprint density at radius 3 is 2.42 bits per heavy atom. The lowest BCUT2D eigenvalue weighted by Gasteiger charge is -2.10. The van der Waals surface area contributed by atoms with Gasteiger partial charge in [-0.3, -0.25) is 9.36 Å². The van der Waals surface area contributed by atoms with Crippen molar-refractivity contribution in [3.05, 3.63) is 60.2 Å². The Morgan fingerprint density at radius 2 is 1.79 bits per heavy atom. The van der Waals surface area contributed by atoms with E-state index in [1.807, 2.05) is 47.0 Å². The zero-order valence-corrected chi connectivity index (χ0v) is 14.2. The van der Waals surface area contributed by atoms with Gasteiger partial charge in [-0.15, -0.1) is 10.2 Å². The van der Waals surface area contributed by atoms with Crippen LogP contribution in [0.1, 0.15) is 12.5 Å². The Labute approximate surface area is 144 Å². The predicted molar refractivity (Wildman–Crippen MR) is 96.1 cm³/mol. The fourth-order valence-electron chi connectivity index (χ4n) is 2.39. The summed E-state index contributed by atoms with van der Waals surface area (Å²) in [5, 5.41) is 9.22. The Kier molecular flexibility index (Phi) is 4.96. The average molecular weight is 338 g/mol. The first-order valence-electron chi connectivity index (χ1n) is 7.70. The molecule has 0 spiro atoms. The first kappa shape index (κ1) is 16.3. The largest absolute Gasteiger partial charge is 0.369 e. The van der Waals surface area contributed by atoms with Gasteiger partial charge in [-0.25, -0.2) is 0 Å². The van der Waals surface area contributed by atoms with Crippen molar-refractivity contribution in [1.29, 1.82) is 0 Å². The summed E-state index contributed by atoms with van der Waals surface area (Å²) in [6.45, 7) is 2.12. The highest BCUT2D eigenvalue weighted by Crippen LogP contribution is 2.27. The molecule has 0 atom stereocenters. The lowest BCUT2D eigenvalue weighted by atomic mass is 10.1. The number of amides is 1. The number of benzene rings is 2. The summed E-state index contributed by atoms with van der Waals surface area (Å²) in [4.78, 5) is 11.1. The van der Waals surface area contributed by atoms with Gasteiger partial charge in [0.05, 0.1) is 5.75 Å². The van der Waals surface area contributed by atoms with Gasteiger partial charge in [-0.2, -0.15) is 0 Å². The Hall–Kier alpha value is -2.60. The third-order valence-electron chi connectivity index (χ3n) is 3.61. The maximum absolute atomic E-state index is 11.1. The van der Waals surface area contributed by atoms with Crippen LogP contribution in [0.15, 0.2) is 59.8 Å². The van der Waals surface area contributed by atoms with Crippen LogP contribution in [0.3, 0.4) is 0 Å². The quantitative estimate of drug-likeness (QED) is 0.701. The summed E-state index contributed by atoms with van der Waals surface area (Å²) < 4.78 is 1.96. The normalized spacial score (nSPS) is 10.7. The van der Waals surface area contributed by atoms with E-state index in [2.05, 4.69) is 29.3 Å². The Bertz CT molecular complexity index is 828. The van der Waals surface area contributed by atoms with Gasteiger partial charge in [0.25, 0.3) is 0 Å². The van der Waals surface area contributed by atoms with Crippen molar-refractivity contribution in [3.63, 3.8) is 0 Å². The summed E-state index contributed by atoms with van der Waals surface area (Å²) in [5.74, 6) is 0.531. The molecule has 0 bridgehead atoms. The topological polar surface area (TPSA) is 73.8 Å². The van der Waals surface area contributed by atoms with E-state index in [1.54, 1.807) is 0 Å². The van der Waals surface area contributed by atoms with Crippen LogP contribution in [0, 0.1) is 0 Å². The average Bonchev–Trinajstić information content (AvgIpc) is 3.04. The maximum atomic E-state index is 11.1. The highest BCUT2D eigenvalue weighted by Gasteiger charge is 2.16. The molecule has 5 nitrogen and oxygen atoms in total. The minimum atomic E-state index is -0.378. The highest BCUT2D eigenvalue weighted by molar-refractivity contribution is 7.99. The molecule has 6 heteroatoms. The van der Waals surface area contributed by atoms with Crippen LogP contribution in [-0.4, -0.2) is 26.4 Å². The SMILES string of the molecule is CCc1ccc(-n2c(SCC(N)=O)nnc2-c2ccccc2)cc1. The van der Waals surface area contributed by atoms with Gasteiger partial charge >= 0.3 is 0 Å². The van der Waals surface area contributed by atoms with Gasteiger partial charge in [0.2, 0.25) is 5.91 Å². The van der Waals surface area contributed by atoms with Gasteiger partial charge in [0.15, 0.2) is 11.0 Å². The highest BCUT2D eigenvalue weighted by atomic mass is 32.2. The predicted octanol–water partition coefficient (Wildman–Crippen LogP) is 3.07. The molecule has 0 radical (unpaired) electrons. The number of aromatic nitrogens is 3. The number of aryl methyl sites for hydroxylation is 1. The second kappa shape index (κ2) is 7.31. The number of carbonyl (C=O) groups excluding carboxylic acids is 1. The van der Waals surface area contributed by atoms with Crippen molar-refractivity contribution in [3.8, 4) is 17.1 Å². The second-order valence-electron chi connectivity index (χ2n) is 5.28. The van der Waals surface area contributed by atoms with Crippen molar-refractivity contribution in [2.75, 3.05) is 5.75 Å². The molecule has 122 valence electrons. The molecular formula is C18H18N4OS. The smallest absolute Gasteiger partial charge is 0.227 e. The summed E-state index contributed by atoms with van der Waals surface area (Å²) in [7, 11) is 0. The van der Waals surface area contributed by atoms with Crippen LogP contribution in [0.2, 0.25) is 0 Å². The molecule has 0 unspecified atom stereocenters. The molecule has 0 saturated heterocycles. The van der Waals surface area contributed by atoms with E-state index < -0.39 is 0 Å². The fraction of sp³-hybridized carbons (Fsp3) is 0.167. The summed E-state index contributed by atoms with van der Waals surface area (Å²) in [6, 6.07) is 18.1. The number of nitrogens with two attached hydrogens (primary N) is 1. The summed E-state index contributed by atoms with van der Waals surface area (Å²) in [5.41, 5.74) is 8.46. The summed E-state index contributed by atoms with van der Waals surface area (Å²) >= 11 is 1.29. The van der Waals surface area contributed by atoms with E-state index in [0.29, 0.717) is 5.16 Å². The number of primary amides is 1. The van der Waals surface area contributed by atoms with Crippen LogP contribution in [-0.2, 0) is 11.2 Å². The Balaban J connectivity index is 2.08. The van der Waals surface area contributed by atoms with Crippen LogP contribution < -0.4 is 5.73 Å². The van der Waals surface area contributed by atoms with E-state index in [4.69, 9.17) is 5.73 Å². The number of rotatable bonds is 6. The monoisotopic (exact) mass is 338 g/mol. The third kappa shape index (κ3) is 3.49. The van der Waals surface area contributed by atoms with Crippen molar-refractivity contribution in [2.45, 2.75) is 18.5 Å². The van der Waals surface area contributed by atoms with Gasteiger partial charge < -0.3 is 5.73 Å². The number of thioether (sulfide) groups is 1. The maximum Gasteiger partial charge on any atom is 0.227 e. The van der Waals surface area contributed by atoms with Gasteiger partial charge in [-0.05, 0) is 24.1 Å². The molecule has 0 saturated carbocycles. The second-order valence-corrected chi connectivity index (χ2v) is 6.23. The third-order valence-corrected chi connectivity index (χ3v) is 4.56. The number of hydrogen-bond donors (Lipinski definition) is 1. The Morgan fingerprint density at radius 1 is 1.08 bits per heavy atom. The molecule has 2 N–H and O–H groups in total. The van der Waals surface area contributed by atoms with E-state index in [9.17, 15) is 4.79 Å². The van der Waals surface area contributed by atoms with Crippen molar-refractivity contribution in [1.82, 2.24) is 14.8 Å². The molecule has 1 heterocycles. The van der Waals surface area contributed by atoms with Gasteiger partial charge in [0, 0.05) is 11.3 Å². The first-order chi connectivity index (χ1) is 11.7. The molecule has 0 aliphatic carbocycles. The number of carbonyl (C=O) groups is 1. The van der Waals surface area contributed by atoms with Crippen LogP contribution in [0.5, 0.6) is 0 Å². The zero-order chi connectivity index (χ0) is 16.9. The molecule has 1 aromatic heterocycles. The molecule has 3 rings (SSSR count). The van der Waals surface area contributed by atoms with E-state index in [0.717, 1.165) is 23.5 Å².